The fourth-order valence-corrected chi connectivity index (χ4v) is 1.47. The Morgan fingerprint density at radius 1 is 1.53 bits per heavy atom. The fraction of sp³-hybridized carbons (Fsp3) is 0.333. The molecule has 4 nitrogen and oxygen atoms in total. The first-order chi connectivity index (χ1) is 7.09. The Morgan fingerprint density at radius 3 is 2.93 bits per heavy atom. The lowest BCUT2D eigenvalue weighted by molar-refractivity contribution is 0.128. The topological polar surface area (TPSA) is 56.7 Å². The highest BCUT2D eigenvalue weighted by molar-refractivity contribution is 5.77. The molecule has 0 amide bonds. The van der Waals surface area contributed by atoms with Crippen LogP contribution >= 0.6 is 0 Å². The van der Waals surface area contributed by atoms with Crippen molar-refractivity contribution in [2.75, 3.05) is 5.73 Å². The Labute approximate surface area is 84.7 Å². The second-order valence-corrected chi connectivity index (χ2v) is 3.27. The molecule has 0 aliphatic rings. The Bertz CT molecular complexity index is 492. The molecular formula is C9H10F2N4. The van der Waals surface area contributed by atoms with Crippen LogP contribution in [-0.4, -0.2) is 21.0 Å². The van der Waals surface area contributed by atoms with E-state index in [2.05, 4.69) is 9.97 Å². The lowest BCUT2D eigenvalue weighted by Gasteiger charge is -2.03. The van der Waals surface area contributed by atoms with Gasteiger partial charge in [-0.15, -0.1) is 0 Å². The van der Waals surface area contributed by atoms with E-state index in [1.54, 1.807) is 12.3 Å². The number of hydrogen-bond donors (Lipinski definition) is 1. The monoisotopic (exact) mass is 212 g/mol. The third-order valence-electron chi connectivity index (χ3n) is 2.19. The van der Waals surface area contributed by atoms with Crippen molar-refractivity contribution >= 4 is 17.1 Å². The summed E-state index contributed by atoms with van der Waals surface area (Å²) in [4.78, 5) is 8.01. The SMILES string of the molecule is Cc1ccnc2c1nc(N)n2CC(F)F. The molecular weight excluding hydrogens is 202 g/mol. The lowest BCUT2D eigenvalue weighted by atomic mass is 10.3. The van der Waals surface area contributed by atoms with Gasteiger partial charge < -0.3 is 5.73 Å². The summed E-state index contributed by atoms with van der Waals surface area (Å²) < 4.78 is 25.8. The molecule has 0 saturated heterocycles. The number of imidazole rings is 1. The first-order valence-corrected chi connectivity index (χ1v) is 4.45. The fourth-order valence-electron chi connectivity index (χ4n) is 1.47. The van der Waals surface area contributed by atoms with Crippen molar-refractivity contribution in [3.05, 3.63) is 17.8 Å². The Hall–Kier alpha value is -1.72. The molecule has 0 unspecified atom stereocenters. The summed E-state index contributed by atoms with van der Waals surface area (Å²) in [6.45, 7) is 1.36. The van der Waals surface area contributed by atoms with Crippen LogP contribution in [-0.2, 0) is 6.54 Å². The van der Waals surface area contributed by atoms with Gasteiger partial charge in [0, 0.05) is 6.20 Å². The normalized spacial score (nSPS) is 11.5. The zero-order valence-electron chi connectivity index (χ0n) is 8.11. The Balaban J connectivity index is 2.63. The number of rotatable bonds is 2. The molecule has 2 N–H and O–H groups in total. The van der Waals surface area contributed by atoms with Crippen molar-refractivity contribution in [2.45, 2.75) is 19.9 Å². The molecule has 0 spiro atoms. The third kappa shape index (κ3) is 1.62. The smallest absolute Gasteiger partial charge is 0.256 e. The van der Waals surface area contributed by atoms with Crippen LogP contribution in [0.15, 0.2) is 12.3 Å². The van der Waals surface area contributed by atoms with Crippen LogP contribution in [0.25, 0.3) is 11.2 Å². The largest absolute Gasteiger partial charge is 0.369 e. The van der Waals surface area contributed by atoms with Gasteiger partial charge in [-0.25, -0.2) is 18.7 Å². The number of halogens is 2. The van der Waals surface area contributed by atoms with Crippen molar-refractivity contribution in [3.8, 4) is 0 Å². The molecule has 0 aliphatic heterocycles. The maximum Gasteiger partial charge on any atom is 0.256 e. The number of aryl methyl sites for hydroxylation is 1. The quantitative estimate of drug-likeness (QED) is 0.822. The molecule has 0 aliphatic carbocycles. The van der Waals surface area contributed by atoms with Gasteiger partial charge >= 0.3 is 0 Å². The number of nitrogens with two attached hydrogens (primary N) is 1. The highest BCUT2D eigenvalue weighted by Crippen LogP contribution is 2.19. The summed E-state index contributed by atoms with van der Waals surface area (Å²) in [5.74, 6) is 0.0760. The van der Waals surface area contributed by atoms with Crippen molar-refractivity contribution < 1.29 is 8.78 Å². The minimum atomic E-state index is -2.47. The molecule has 80 valence electrons. The molecule has 0 bridgehead atoms. The van der Waals surface area contributed by atoms with E-state index in [4.69, 9.17) is 5.73 Å². The number of aromatic nitrogens is 3. The van der Waals surface area contributed by atoms with Crippen LogP contribution in [0.1, 0.15) is 5.56 Å². The van der Waals surface area contributed by atoms with Gasteiger partial charge in [0.1, 0.15) is 5.52 Å². The zero-order chi connectivity index (χ0) is 11.0. The van der Waals surface area contributed by atoms with E-state index in [0.717, 1.165) is 5.56 Å². The van der Waals surface area contributed by atoms with Crippen molar-refractivity contribution in [3.63, 3.8) is 0 Å². The summed E-state index contributed by atoms with van der Waals surface area (Å²) >= 11 is 0. The minimum absolute atomic E-state index is 0.0760. The maximum absolute atomic E-state index is 12.3. The summed E-state index contributed by atoms with van der Waals surface area (Å²) in [6.07, 6.45) is -0.909. The molecule has 2 aromatic heterocycles. The zero-order valence-corrected chi connectivity index (χ0v) is 8.11. The van der Waals surface area contributed by atoms with E-state index < -0.39 is 13.0 Å². The van der Waals surface area contributed by atoms with Crippen LogP contribution in [0.5, 0.6) is 0 Å². The van der Waals surface area contributed by atoms with E-state index in [1.807, 2.05) is 6.92 Å². The van der Waals surface area contributed by atoms with Crippen LogP contribution in [0.3, 0.4) is 0 Å². The number of nitrogens with zero attached hydrogens (tertiary/aromatic N) is 3. The highest BCUT2D eigenvalue weighted by Gasteiger charge is 2.14. The summed E-state index contributed by atoms with van der Waals surface area (Å²) in [5.41, 5.74) is 7.41. The van der Waals surface area contributed by atoms with E-state index >= 15 is 0 Å². The van der Waals surface area contributed by atoms with Crippen molar-refractivity contribution in [1.82, 2.24) is 14.5 Å². The van der Waals surface area contributed by atoms with Crippen LogP contribution in [0.4, 0.5) is 14.7 Å². The second kappa shape index (κ2) is 3.45. The minimum Gasteiger partial charge on any atom is -0.369 e. The van der Waals surface area contributed by atoms with Crippen LogP contribution in [0, 0.1) is 6.92 Å². The Kier molecular flexibility index (Phi) is 2.26. The number of pyridine rings is 1. The molecule has 2 rings (SSSR count). The molecule has 0 radical (unpaired) electrons. The average molecular weight is 212 g/mol. The molecule has 15 heavy (non-hydrogen) atoms. The first kappa shape index (κ1) is 9.82. The van der Waals surface area contributed by atoms with Gasteiger partial charge in [0.2, 0.25) is 5.95 Å². The Morgan fingerprint density at radius 2 is 2.27 bits per heavy atom. The third-order valence-corrected chi connectivity index (χ3v) is 2.19. The predicted octanol–water partition coefficient (Wildman–Crippen LogP) is 1.59. The molecule has 0 atom stereocenters. The van der Waals surface area contributed by atoms with Gasteiger partial charge in [-0.2, -0.15) is 0 Å². The van der Waals surface area contributed by atoms with E-state index in [0.29, 0.717) is 11.2 Å². The van der Waals surface area contributed by atoms with Gasteiger partial charge in [0.05, 0.1) is 6.54 Å². The number of hydrogen-bond acceptors (Lipinski definition) is 3. The van der Waals surface area contributed by atoms with Gasteiger partial charge in [0.25, 0.3) is 6.43 Å². The van der Waals surface area contributed by atoms with Gasteiger partial charge in [-0.05, 0) is 18.6 Å². The number of alkyl halides is 2. The molecule has 0 saturated carbocycles. The highest BCUT2D eigenvalue weighted by atomic mass is 19.3. The lowest BCUT2D eigenvalue weighted by Crippen LogP contribution is -2.10. The molecule has 0 aromatic carbocycles. The van der Waals surface area contributed by atoms with Crippen LogP contribution in [0.2, 0.25) is 0 Å². The molecule has 2 heterocycles. The van der Waals surface area contributed by atoms with Crippen molar-refractivity contribution in [1.29, 1.82) is 0 Å². The summed E-state index contributed by atoms with van der Waals surface area (Å²) in [6, 6.07) is 1.77. The van der Waals surface area contributed by atoms with E-state index in [1.165, 1.54) is 4.57 Å². The van der Waals surface area contributed by atoms with Gasteiger partial charge in [-0.1, -0.05) is 0 Å². The van der Waals surface area contributed by atoms with Gasteiger partial charge in [0.15, 0.2) is 5.65 Å². The van der Waals surface area contributed by atoms with Crippen LogP contribution < -0.4 is 5.73 Å². The number of nitrogen functional groups attached to an aromatic ring is 1. The number of anilines is 1. The molecule has 0 fully saturated rings. The maximum atomic E-state index is 12.3. The summed E-state index contributed by atoms with van der Waals surface area (Å²) in [5, 5.41) is 0. The first-order valence-electron chi connectivity index (χ1n) is 4.45. The standard InChI is InChI=1S/C9H10F2N4/c1-5-2-3-13-8-7(5)14-9(12)15(8)4-6(10)11/h2-3,6H,4H2,1H3,(H2,12,14). The van der Waals surface area contributed by atoms with E-state index in [9.17, 15) is 8.78 Å². The number of fused-ring (bicyclic) bond motifs is 1. The summed E-state index contributed by atoms with van der Waals surface area (Å²) in [7, 11) is 0. The van der Waals surface area contributed by atoms with E-state index in [-0.39, 0.29) is 5.95 Å². The molecule has 2 aromatic rings. The average Bonchev–Trinajstić information content (AvgIpc) is 2.45. The molecule has 6 heteroatoms. The van der Waals surface area contributed by atoms with Crippen molar-refractivity contribution in [2.24, 2.45) is 0 Å². The van der Waals surface area contributed by atoms with Gasteiger partial charge in [-0.3, -0.25) is 4.57 Å². The predicted molar refractivity (Wildman–Crippen MR) is 52.7 cm³/mol. The second-order valence-electron chi connectivity index (χ2n) is 3.27.